The van der Waals surface area contributed by atoms with Crippen molar-refractivity contribution >= 4 is 11.9 Å². The molecule has 0 radical (unpaired) electrons. The van der Waals surface area contributed by atoms with Crippen molar-refractivity contribution in [3.63, 3.8) is 0 Å². The highest BCUT2D eigenvalue weighted by atomic mass is 16.6. The first-order valence-corrected chi connectivity index (χ1v) is 11.4. The smallest absolute Gasteiger partial charge is 0.361 e. The molecule has 1 heterocycles. The summed E-state index contributed by atoms with van der Waals surface area (Å²) in [5.74, 6) is -0.877. The lowest BCUT2D eigenvalue weighted by molar-refractivity contribution is -0.891. The molecule has 6 nitrogen and oxygen atoms in total. The summed E-state index contributed by atoms with van der Waals surface area (Å²) in [5.41, 5.74) is -1.00. The van der Waals surface area contributed by atoms with Crippen LogP contribution in [0.4, 0.5) is 0 Å². The monoisotopic (exact) mass is 418 g/mol. The zero-order chi connectivity index (χ0) is 21.6. The van der Waals surface area contributed by atoms with Gasteiger partial charge in [0.2, 0.25) is 0 Å². The van der Waals surface area contributed by atoms with Crippen molar-refractivity contribution in [3.8, 4) is 0 Å². The van der Waals surface area contributed by atoms with E-state index in [0.717, 1.165) is 45.1 Å². The van der Waals surface area contributed by atoms with Crippen LogP contribution in [0, 0.1) is 5.92 Å². The van der Waals surface area contributed by atoms with Gasteiger partial charge in [-0.25, -0.2) is 9.59 Å². The fourth-order valence-electron chi connectivity index (χ4n) is 4.85. The molecule has 1 saturated heterocycles. The Morgan fingerprint density at radius 2 is 1.87 bits per heavy atom. The molecule has 0 aromatic heterocycles. The lowest BCUT2D eigenvalue weighted by Crippen LogP contribution is -2.48. The second-order valence-corrected chi connectivity index (χ2v) is 9.19. The molecule has 1 aliphatic carbocycles. The van der Waals surface area contributed by atoms with E-state index in [1.54, 1.807) is 12.1 Å². The number of ether oxygens (including phenoxy) is 2. The summed E-state index contributed by atoms with van der Waals surface area (Å²) >= 11 is 0. The van der Waals surface area contributed by atoms with E-state index in [9.17, 15) is 14.7 Å². The van der Waals surface area contributed by atoms with Gasteiger partial charge in [-0.15, -0.1) is 0 Å². The minimum Gasteiger partial charge on any atom is -0.462 e. The Labute approximate surface area is 179 Å². The van der Waals surface area contributed by atoms with E-state index in [4.69, 9.17) is 9.47 Å². The lowest BCUT2D eigenvalue weighted by Gasteiger charge is -2.33. The Morgan fingerprint density at radius 3 is 2.53 bits per heavy atom. The van der Waals surface area contributed by atoms with Crippen molar-refractivity contribution in [1.82, 2.24) is 0 Å². The number of aliphatic hydroxyl groups is 1. The van der Waals surface area contributed by atoms with Crippen molar-refractivity contribution in [2.75, 3.05) is 33.3 Å². The van der Waals surface area contributed by atoms with Crippen LogP contribution in [0.3, 0.4) is 0 Å². The van der Waals surface area contributed by atoms with Crippen LogP contribution in [0.1, 0.15) is 57.4 Å². The third-order valence-electron chi connectivity index (χ3n) is 6.65. The van der Waals surface area contributed by atoms with E-state index in [0.29, 0.717) is 29.6 Å². The molecule has 1 aromatic carbocycles. The number of carbonyl (C=O) groups excluding carboxylic acids is 2. The quantitative estimate of drug-likeness (QED) is 0.379. The number of esters is 2. The highest BCUT2D eigenvalue weighted by molar-refractivity contribution is 5.81. The number of quaternary nitrogens is 1. The Hall–Kier alpha value is -1.92. The summed E-state index contributed by atoms with van der Waals surface area (Å²) < 4.78 is 11.7. The summed E-state index contributed by atoms with van der Waals surface area (Å²) in [4.78, 5) is 25.4. The molecule has 0 bridgehead atoms. The SMILES string of the molecule is CCCCOC(=O)C[N+]1(C)CCC(OC(=O)C(O)(c2ccccc2)C2CCCC2)C1. The van der Waals surface area contributed by atoms with Crippen LogP contribution in [0.15, 0.2) is 30.3 Å². The standard InChI is InChI=1S/C24H36NO5/c1-3-4-16-29-22(26)18-25(2)15-14-21(17-25)30-23(27)24(28,20-12-8-9-13-20)19-10-6-5-7-11-19/h5-7,10-11,20-21,28H,3-4,8-9,12-18H2,1-2H3/q+1. The molecule has 3 rings (SSSR count). The molecule has 2 aliphatic rings. The summed E-state index contributed by atoms with van der Waals surface area (Å²) in [6, 6.07) is 9.18. The van der Waals surface area contributed by atoms with Crippen LogP contribution in [-0.2, 0) is 24.7 Å². The molecule has 3 unspecified atom stereocenters. The van der Waals surface area contributed by atoms with Gasteiger partial charge in [-0.2, -0.15) is 0 Å². The summed E-state index contributed by atoms with van der Waals surface area (Å²) in [7, 11) is 2.00. The average molecular weight is 419 g/mol. The molecule has 0 amide bonds. The number of benzene rings is 1. The fraction of sp³-hybridized carbons (Fsp3) is 0.667. The van der Waals surface area contributed by atoms with Gasteiger partial charge in [-0.1, -0.05) is 56.5 Å². The average Bonchev–Trinajstić information content (AvgIpc) is 3.39. The molecule has 166 valence electrons. The fourth-order valence-corrected chi connectivity index (χ4v) is 4.85. The van der Waals surface area contributed by atoms with E-state index >= 15 is 0 Å². The molecule has 1 saturated carbocycles. The minimum absolute atomic E-state index is 0.122. The Morgan fingerprint density at radius 1 is 1.17 bits per heavy atom. The van der Waals surface area contributed by atoms with E-state index in [1.165, 1.54) is 0 Å². The van der Waals surface area contributed by atoms with Crippen molar-refractivity contribution in [2.24, 2.45) is 5.92 Å². The minimum atomic E-state index is -1.61. The summed E-state index contributed by atoms with van der Waals surface area (Å²) in [5, 5.41) is 11.6. The lowest BCUT2D eigenvalue weighted by atomic mass is 9.80. The van der Waals surface area contributed by atoms with Gasteiger partial charge in [-0.3, -0.25) is 0 Å². The number of rotatable bonds is 9. The molecular formula is C24H36NO5+. The first-order chi connectivity index (χ1) is 14.4. The van der Waals surface area contributed by atoms with Crippen LogP contribution in [-0.4, -0.2) is 60.9 Å². The van der Waals surface area contributed by atoms with Crippen LogP contribution >= 0.6 is 0 Å². The third-order valence-corrected chi connectivity index (χ3v) is 6.65. The van der Waals surface area contributed by atoms with Gasteiger partial charge < -0.3 is 19.1 Å². The first kappa shape index (κ1) is 22.8. The molecule has 30 heavy (non-hydrogen) atoms. The van der Waals surface area contributed by atoms with Crippen LogP contribution in [0.25, 0.3) is 0 Å². The largest absolute Gasteiger partial charge is 0.462 e. The van der Waals surface area contributed by atoms with Gasteiger partial charge in [0.15, 0.2) is 18.2 Å². The van der Waals surface area contributed by atoms with E-state index in [2.05, 4.69) is 6.92 Å². The van der Waals surface area contributed by atoms with E-state index in [-0.39, 0.29) is 24.5 Å². The second kappa shape index (κ2) is 9.92. The summed E-state index contributed by atoms with van der Waals surface area (Å²) in [6.45, 7) is 4.10. The summed E-state index contributed by atoms with van der Waals surface area (Å²) in [6.07, 6.45) is 5.92. The van der Waals surface area contributed by atoms with Crippen LogP contribution in [0.5, 0.6) is 0 Å². The Balaban J connectivity index is 1.63. The maximum absolute atomic E-state index is 13.2. The zero-order valence-corrected chi connectivity index (χ0v) is 18.3. The number of likely N-dealkylation sites (N-methyl/N-ethyl adjacent to an activating group) is 1. The third kappa shape index (κ3) is 5.22. The number of hydrogen-bond acceptors (Lipinski definition) is 5. The maximum atomic E-state index is 13.2. The maximum Gasteiger partial charge on any atom is 0.361 e. The number of hydrogen-bond donors (Lipinski definition) is 1. The van der Waals surface area contributed by atoms with Crippen LogP contribution in [0.2, 0.25) is 0 Å². The number of likely N-dealkylation sites (tertiary alicyclic amines) is 1. The van der Waals surface area contributed by atoms with Gasteiger partial charge in [0.05, 0.1) is 20.2 Å². The molecule has 1 aliphatic heterocycles. The van der Waals surface area contributed by atoms with Gasteiger partial charge in [0.1, 0.15) is 6.54 Å². The van der Waals surface area contributed by atoms with E-state index < -0.39 is 11.6 Å². The number of nitrogens with zero attached hydrogens (tertiary/aromatic N) is 1. The van der Waals surface area contributed by atoms with Gasteiger partial charge in [0.25, 0.3) is 0 Å². The van der Waals surface area contributed by atoms with Gasteiger partial charge in [-0.05, 0) is 24.8 Å². The molecule has 6 heteroatoms. The molecule has 3 atom stereocenters. The first-order valence-electron chi connectivity index (χ1n) is 11.4. The molecule has 0 spiro atoms. The van der Waals surface area contributed by atoms with Crippen molar-refractivity contribution in [1.29, 1.82) is 0 Å². The van der Waals surface area contributed by atoms with E-state index in [1.807, 2.05) is 25.2 Å². The van der Waals surface area contributed by atoms with Gasteiger partial charge >= 0.3 is 11.9 Å². The predicted molar refractivity (Wildman–Crippen MR) is 113 cm³/mol. The highest BCUT2D eigenvalue weighted by Gasteiger charge is 2.50. The van der Waals surface area contributed by atoms with Crippen molar-refractivity contribution in [2.45, 2.75) is 63.6 Å². The molecule has 1 N–H and O–H groups in total. The number of carbonyl (C=O) groups is 2. The Bertz CT molecular complexity index is 718. The topological polar surface area (TPSA) is 72.8 Å². The Kier molecular flexibility index (Phi) is 7.53. The second-order valence-electron chi connectivity index (χ2n) is 9.19. The highest BCUT2D eigenvalue weighted by Crippen LogP contribution is 2.42. The predicted octanol–water partition coefficient (Wildman–Crippen LogP) is 3.17. The van der Waals surface area contributed by atoms with Crippen molar-refractivity contribution < 1.29 is 28.7 Å². The zero-order valence-electron chi connectivity index (χ0n) is 18.3. The van der Waals surface area contributed by atoms with Gasteiger partial charge in [0, 0.05) is 12.3 Å². The number of unbranched alkanes of at least 4 members (excludes halogenated alkanes) is 1. The molecular weight excluding hydrogens is 382 g/mol. The van der Waals surface area contributed by atoms with Crippen molar-refractivity contribution in [3.05, 3.63) is 35.9 Å². The normalized spacial score (nSPS) is 26.3. The van der Waals surface area contributed by atoms with Crippen LogP contribution < -0.4 is 0 Å². The molecule has 2 fully saturated rings. The molecule has 1 aromatic rings.